The molecule has 0 saturated heterocycles. The summed E-state index contributed by atoms with van der Waals surface area (Å²) in [4.78, 5) is 11.0. The summed E-state index contributed by atoms with van der Waals surface area (Å²) in [6.07, 6.45) is 0. The number of halogens is 1. The largest absolute Gasteiger partial charge is 0.299 e. The van der Waals surface area contributed by atoms with Gasteiger partial charge in [-0.05, 0) is 6.92 Å². The summed E-state index contributed by atoms with van der Waals surface area (Å²) in [5.41, 5.74) is 0. The number of carbonyl (C=O) groups excluding carboxylic acids is 1. The predicted octanol–water partition coefficient (Wildman–Crippen LogP) is 1.58. The second kappa shape index (κ2) is 5.07. The smallest absolute Gasteiger partial charge is 0.149 e. The maximum Gasteiger partial charge on any atom is 0.149 e. The van der Waals surface area contributed by atoms with Crippen LogP contribution in [0.5, 0.6) is 0 Å². The van der Waals surface area contributed by atoms with Gasteiger partial charge >= 0.3 is 0 Å². The Kier molecular flexibility index (Phi) is 5.25. The van der Waals surface area contributed by atoms with Gasteiger partial charge in [0, 0.05) is 5.92 Å². The molecule has 0 heterocycles. The summed E-state index contributed by atoms with van der Waals surface area (Å²) in [6, 6.07) is 0. The van der Waals surface area contributed by atoms with Gasteiger partial charge in [0.2, 0.25) is 0 Å². The Morgan fingerprint density at radius 1 is 1.50 bits per heavy atom. The predicted molar refractivity (Wildman–Crippen MR) is 51.3 cm³/mol. The van der Waals surface area contributed by atoms with Crippen molar-refractivity contribution < 1.29 is 4.79 Å². The number of ketones is 1. The van der Waals surface area contributed by atoms with E-state index in [0.717, 1.165) is 0 Å². The van der Waals surface area contributed by atoms with Crippen LogP contribution >= 0.6 is 22.6 Å². The highest BCUT2D eigenvalue weighted by Gasteiger charge is 2.06. The van der Waals surface area contributed by atoms with E-state index in [9.17, 15) is 4.79 Å². The molecule has 10 heavy (non-hydrogen) atoms. The zero-order chi connectivity index (χ0) is 8.15. The molecule has 0 aliphatic carbocycles. The van der Waals surface area contributed by atoms with Crippen LogP contribution in [0.3, 0.4) is 0 Å². The molecule has 0 spiro atoms. The van der Waals surface area contributed by atoms with Crippen LogP contribution in [0.15, 0.2) is 0 Å². The second-order valence-corrected chi connectivity index (χ2v) is 4.49. The molecule has 0 rings (SSSR count). The van der Waals surface area contributed by atoms with Gasteiger partial charge in [-0.25, -0.2) is 0 Å². The van der Waals surface area contributed by atoms with Gasteiger partial charge in [-0.1, -0.05) is 36.4 Å². The highest BCUT2D eigenvalue weighted by Crippen LogP contribution is 1.95. The van der Waals surface area contributed by atoms with Gasteiger partial charge in [-0.15, -0.1) is 0 Å². The molecular weight excluding hydrogens is 241 g/mol. The zero-order valence-electron chi connectivity index (χ0n) is 6.65. The quantitative estimate of drug-likeness (QED) is 0.469. The number of hydrogen-bond acceptors (Lipinski definition) is 2. The topological polar surface area (TPSA) is 29.1 Å². The van der Waals surface area contributed by atoms with Gasteiger partial charge in [0.25, 0.3) is 0 Å². The SMILES string of the molecule is CC(I)NCC(=O)C(C)C. The van der Waals surface area contributed by atoms with Crippen LogP contribution in [0.2, 0.25) is 0 Å². The number of nitrogens with one attached hydrogen (secondary N) is 1. The molecule has 2 nitrogen and oxygen atoms in total. The van der Waals surface area contributed by atoms with Gasteiger partial charge in [0.1, 0.15) is 5.78 Å². The van der Waals surface area contributed by atoms with Gasteiger partial charge in [0.15, 0.2) is 0 Å². The second-order valence-electron chi connectivity index (χ2n) is 2.62. The third-order valence-corrected chi connectivity index (χ3v) is 1.64. The Labute approximate surface area is 75.9 Å². The Morgan fingerprint density at radius 3 is 2.30 bits per heavy atom. The van der Waals surface area contributed by atoms with Gasteiger partial charge < -0.3 is 0 Å². The number of hydrogen-bond donors (Lipinski definition) is 1. The fourth-order valence-electron chi connectivity index (χ4n) is 0.445. The lowest BCUT2D eigenvalue weighted by Gasteiger charge is -2.07. The van der Waals surface area contributed by atoms with E-state index in [0.29, 0.717) is 10.6 Å². The van der Waals surface area contributed by atoms with Crippen LogP contribution in [0.25, 0.3) is 0 Å². The minimum atomic E-state index is 0.155. The van der Waals surface area contributed by atoms with Crippen LogP contribution in [-0.4, -0.2) is 16.4 Å². The van der Waals surface area contributed by atoms with Crippen molar-refractivity contribution in [1.29, 1.82) is 0 Å². The van der Waals surface area contributed by atoms with E-state index < -0.39 is 0 Å². The summed E-state index contributed by atoms with van der Waals surface area (Å²) in [6.45, 7) is 6.36. The number of alkyl halides is 1. The molecular formula is C7H14INO. The molecule has 1 N–H and O–H groups in total. The molecule has 0 aromatic carbocycles. The van der Waals surface area contributed by atoms with Gasteiger partial charge in [0.05, 0.1) is 10.6 Å². The highest BCUT2D eigenvalue weighted by molar-refractivity contribution is 14.1. The summed E-state index contributed by atoms with van der Waals surface area (Å²) < 4.78 is 0.375. The molecule has 0 saturated carbocycles. The normalized spacial score (nSPS) is 13.7. The molecule has 60 valence electrons. The standard InChI is InChI=1S/C7H14INO/c1-5(2)7(10)4-9-6(3)8/h5-6,9H,4H2,1-3H3. The lowest BCUT2D eigenvalue weighted by molar-refractivity contribution is -0.121. The first-order valence-corrected chi connectivity index (χ1v) is 4.68. The van der Waals surface area contributed by atoms with Crippen molar-refractivity contribution in [2.75, 3.05) is 6.54 Å². The fraction of sp³-hybridized carbons (Fsp3) is 0.857. The molecule has 0 aliphatic rings. The maximum atomic E-state index is 11.0. The number of rotatable bonds is 4. The van der Waals surface area contributed by atoms with Gasteiger partial charge in [-0.2, -0.15) is 0 Å². The highest BCUT2D eigenvalue weighted by atomic mass is 127. The Bertz CT molecular complexity index is 112. The average Bonchev–Trinajstić information content (AvgIpc) is 1.82. The molecule has 1 atom stereocenters. The van der Waals surface area contributed by atoms with Crippen molar-refractivity contribution in [2.24, 2.45) is 5.92 Å². The molecule has 0 aliphatic heterocycles. The minimum absolute atomic E-state index is 0.155. The summed E-state index contributed by atoms with van der Waals surface area (Å²) in [5.74, 6) is 0.436. The van der Waals surface area contributed by atoms with Crippen molar-refractivity contribution in [3.05, 3.63) is 0 Å². The van der Waals surface area contributed by atoms with Crippen LogP contribution in [0, 0.1) is 5.92 Å². The van der Waals surface area contributed by atoms with E-state index in [4.69, 9.17) is 0 Å². The fourth-order valence-corrected chi connectivity index (χ4v) is 0.666. The Hall–Kier alpha value is 0.360. The van der Waals surface area contributed by atoms with Crippen molar-refractivity contribution in [2.45, 2.75) is 24.8 Å². The van der Waals surface area contributed by atoms with E-state index in [2.05, 4.69) is 27.9 Å². The first-order valence-electron chi connectivity index (χ1n) is 3.44. The molecule has 1 unspecified atom stereocenters. The molecule has 0 aromatic rings. The molecule has 0 fully saturated rings. The van der Waals surface area contributed by atoms with Gasteiger partial charge in [-0.3, -0.25) is 10.1 Å². The minimum Gasteiger partial charge on any atom is -0.299 e. The average molecular weight is 255 g/mol. The van der Waals surface area contributed by atoms with Crippen molar-refractivity contribution >= 4 is 28.4 Å². The van der Waals surface area contributed by atoms with Crippen molar-refractivity contribution in [3.63, 3.8) is 0 Å². The summed E-state index contributed by atoms with van der Waals surface area (Å²) >= 11 is 2.24. The molecule has 0 aromatic heterocycles. The van der Waals surface area contributed by atoms with E-state index in [1.165, 1.54) is 0 Å². The molecule has 0 bridgehead atoms. The third-order valence-electron chi connectivity index (χ3n) is 1.20. The number of carbonyl (C=O) groups is 1. The lowest BCUT2D eigenvalue weighted by atomic mass is 10.1. The molecule has 3 heteroatoms. The third kappa shape index (κ3) is 5.17. The van der Waals surface area contributed by atoms with Crippen LogP contribution in [0.1, 0.15) is 20.8 Å². The number of Topliss-reactive ketones (excluding diaryl/α,β-unsaturated/α-hetero) is 1. The van der Waals surface area contributed by atoms with E-state index >= 15 is 0 Å². The Morgan fingerprint density at radius 2 is 2.00 bits per heavy atom. The van der Waals surface area contributed by atoms with Crippen molar-refractivity contribution in [1.82, 2.24) is 5.32 Å². The van der Waals surface area contributed by atoms with Crippen molar-refractivity contribution in [3.8, 4) is 0 Å². The van der Waals surface area contributed by atoms with E-state index in [1.54, 1.807) is 0 Å². The lowest BCUT2D eigenvalue weighted by Crippen LogP contribution is -2.29. The zero-order valence-corrected chi connectivity index (χ0v) is 8.81. The Balaban J connectivity index is 3.40. The van der Waals surface area contributed by atoms with E-state index in [-0.39, 0.29) is 11.7 Å². The maximum absolute atomic E-state index is 11.0. The first-order chi connectivity index (χ1) is 4.54. The summed E-state index contributed by atoms with van der Waals surface area (Å²) in [5, 5.41) is 3.06. The first kappa shape index (κ1) is 10.4. The monoisotopic (exact) mass is 255 g/mol. The van der Waals surface area contributed by atoms with Crippen LogP contribution < -0.4 is 5.32 Å². The molecule has 0 radical (unpaired) electrons. The van der Waals surface area contributed by atoms with Crippen LogP contribution in [0.4, 0.5) is 0 Å². The molecule has 0 amide bonds. The summed E-state index contributed by atoms with van der Waals surface area (Å²) in [7, 11) is 0. The van der Waals surface area contributed by atoms with E-state index in [1.807, 2.05) is 20.8 Å². The van der Waals surface area contributed by atoms with Crippen LogP contribution in [-0.2, 0) is 4.79 Å².